The highest BCUT2D eigenvalue weighted by molar-refractivity contribution is 6.12. The third-order valence-corrected chi connectivity index (χ3v) is 6.07. The summed E-state index contributed by atoms with van der Waals surface area (Å²) in [6.07, 6.45) is 1.57. The van der Waals surface area contributed by atoms with Crippen LogP contribution in [0.1, 0.15) is 40.9 Å². The SMILES string of the molecule is O=C(Nc1ccc(CN2CCCC2)nc1)c1cccc2ccc(-c3cccc(C(F)F)c3)nc12. The molecule has 7 heteroatoms. The van der Waals surface area contributed by atoms with Gasteiger partial charge in [0, 0.05) is 23.1 Å². The summed E-state index contributed by atoms with van der Waals surface area (Å²) in [5.74, 6) is -0.300. The number of halogens is 2. The average Bonchev–Trinajstić information content (AvgIpc) is 3.37. The molecule has 0 unspecified atom stereocenters. The molecular weight excluding hydrogens is 434 g/mol. The number of benzene rings is 2. The van der Waals surface area contributed by atoms with Crippen molar-refractivity contribution >= 4 is 22.5 Å². The molecule has 1 fully saturated rings. The lowest BCUT2D eigenvalue weighted by Crippen LogP contribution is -2.19. The molecule has 1 aliphatic heterocycles. The summed E-state index contributed by atoms with van der Waals surface area (Å²) in [4.78, 5) is 24.6. The number of nitrogens with one attached hydrogen (secondary N) is 1. The highest BCUT2D eigenvalue weighted by Gasteiger charge is 2.15. The first-order valence-electron chi connectivity index (χ1n) is 11.3. The van der Waals surface area contributed by atoms with Gasteiger partial charge in [-0.25, -0.2) is 13.8 Å². The second kappa shape index (κ2) is 9.65. The molecule has 1 N–H and O–H groups in total. The minimum atomic E-state index is -2.56. The van der Waals surface area contributed by atoms with Crippen LogP contribution in [0.5, 0.6) is 0 Å². The van der Waals surface area contributed by atoms with Gasteiger partial charge in [0.15, 0.2) is 0 Å². The van der Waals surface area contributed by atoms with E-state index in [0.29, 0.717) is 28.0 Å². The van der Waals surface area contributed by atoms with Crippen molar-refractivity contribution in [2.75, 3.05) is 18.4 Å². The molecule has 2 aromatic heterocycles. The van der Waals surface area contributed by atoms with Crippen LogP contribution < -0.4 is 5.32 Å². The van der Waals surface area contributed by atoms with Gasteiger partial charge in [-0.1, -0.05) is 36.4 Å². The third kappa shape index (κ3) is 4.79. The first-order valence-corrected chi connectivity index (χ1v) is 11.3. The van der Waals surface area contributed by atoms with E-state index < -0.39 is 6.43 Å². The molecule has 0 saturated carbocycles. The number of anilines is 1. The molecule has 2 aromatic carbocycles. The largest absolute Gasteiger partial charge is 0.321 e. The van der Waals surface area contributed by atoms with Crippen LogP contribution in [0.25, 0.3) is 22.2 Å². The number of fused-ring (bicyclic) bond motifs is 1. The lowest BCUT2D eigenvalue weighted by atomic mass is 10.0. The maximum absolute atomic E-state index is 13.1. The van der Waals surface area contributed by atoms with Crippen LogP contribution in [0.2, 0.25) is 0 Å². The van der Waals surface area contributed by atoms with Gasteiger partial charge in [-0.05, 0) is 56.3 Å². The van der Waals surface area contributed by atoms with E-state index in [0.717, 1.165) is 30.7 Å². The van der Waals surface area contributed by atoms with E-state index in [-0.39, 0.29) is 11.5 Å². The van der Waals surface area contributed by atoms with E-state index in [1.807, 2.05) is 24.3 Å². The Bertz CT molecular complexity index is 1320. The zero-order valence-corrected chi connectivity index (χ0v) is 18.5. The van der Waals surface area contributed by atoms with Crippen molar-refractivity contribution in [2.24, 2.45) is 0 Å². The van der Waals surface area contributed by atoms with Crippen LogP contribution in [-0.4, -0.2) is 33.9 Å². The standard InChI is InChI=1S/C27H24F2N4O/c28-26(29)20-7-3-6-19(15-20)24-12-9-18-5-4-8-23(25(18)32-24)27(34)31-21-10-11-22(30-16-21)17-33-13-1-2-14-33/h3-12,15-16,26H,1-2,13-14,17H2,(H,31,34). The molecule has 0 spiro atoms. The lowest BCUT2D eigenvalue weighted by Gasteiger charge is -2.14. The highest BCUT2D eigenvalue weighted by atomic mass is 19.3. The molecule has 4 aromatic rings. The number of alkyl halides is 2. The maximum atomic E-state index is 13.1. The Hall–Kier alpha value is -3.71. The molecule has 1 saturated heterocycles. The van der Waals surface area contributed by atoms with Crippen molar-refractivity contribution in [3.8, 4) is 11.3 Å². The molecule has 1 amide bonds. The second-order valence-corrected chi connectivity index (χ2v) is 8.48. The molecule has 3 heterocycles. The number of nitrogens with zero attached hydrogens (tertiary/aromatic N) is 3. The third-order valence-electron chi connectivity index (χ3n) is 6.07. The Kier molecular flexibility index (Phi) is 6.27. The van der Waals surface area contributed by atoms with E-state index in [9.17, 15) is 13.6 Å². The normalized spacial score (nSPS) is 14.1. The van der Waals surface area contributed by atoms with E-state index in [4.69, 9.17) is 0 Å². The van der Waals surface area contributed by atoms with Crippen LogP contribution in [0.4, 0.5) is 14.5 Å². The lowest BCUT2D eigenvalue weighted by molar-refractivity contribution is 0.102. The number of hydrogen-bond donors (Lipinski definition) is 1. The number of carbonyl (C=O) groups is 1. The molecule has 0 atom stereocenters. The van der Waals surface area contributed by atoms with Gasteiger partial charge in [-0.15, -0.1) is 0 Å². The van der Waals surface area contributed by atoms with E-state index in [1.165, 1.54) is 25.0 Å². The van der Waals surface area contributed by atoms with Gasteiger partial charge in [-0.3, -0.25) is 14.7 Å². The molecular formula is C27H24F2N4O. The summed E-state index contributed by atoms with van der Waals surface area (Å²) in [5, 5.41) is 3.69. The Morgan fingerprint density at radius 3 is 2.59 bits per heavy atom. The number of likely N-dealkylation sites (tertiary alicyclic amines) is 1. The van der Waals surface area contributed by atoms with Crippen LogP contribution in [-0.2, 0) is 6.54 Å². The van der Waals surface area contributed by atoms with E-state index in [1.54, 1.807) is 36.5 Å². The predicted octanol–water partition coefficient (Wildman–Crippen LogP) is 6.08. The Labute approximate surface area is 196 Å². The second-order valence-electron chi connectivity index (χ2n) is 8.48. The predicted molar refractivity (Wildman–Crippen MR) is 129 cm³/mol. The fourth-order valence-corrected chi connectivity index (χ4v) is 4.29. The number of amides is 1. The van der Waals surface area contributed by atoms with Gasteiger partial charge >= 0.3 is 0 Å². The van der Waals surface area contributed by atoms with Crippen molar-refractivity contribution in [3.63, 3.8) is 0 Å². The molecule has 0 bridgehead atoms. The number of aromatic nitrogens is 2. The minimum absolute atomic E-state index is 0.0638. The molecule has 172 valence electrons. The smallest absolute Gasteiger partial charge is 0.263 e. The highest BCUT2D eigenvalue weighted by Crippen LogP contribution is 2.27. The van der Waals surface area contributed by atoms with Crippen molar-refractivity contribution < 1.29 is 13.6 Å². The number of pyridine rings is 2. The van der Waals surface area contributed by atoms with Crippen LogP contribution in [0.3, 0.4) is 0 Å². The van der Waals surface area contributed by atoms with Gasteiger partial charge in [0.25, 0.3) is 12.3 Å². The van der Waals surface area contributed by atoms with Crippen molar-refractivity contribution in [3.05, 3.63) is 89.7 Å². The van der Waals surface area contributed by atoms with Crippen molar-refractivity contribution in [2.45, 2.75) is 25.8 Å². The fourth-order valence-electron chi connectivity index (χ4n) is 4.29. The van der Waals surface area contributed by atoms with Crippen LogP contribution in [0.15, 0.2) is 72.9 Å². The molecule has 34 heavy (non-hydrogen) atoms. The first-order chi connectivity index (χ1) is 16.6. The fraction of sp³-hybridized carbons (Fsp3) is 0.222. The molecule has 1 aliphatic rings. The molecule has 5 rings (SSSR count). The summed E-state index contributed by atoms with van der Waals surface area (Å²) in [6, 6.07) is 18.9. The van der Waals surface area contributed by atoms with E-state index >= 15 is 0 Å². The van der Waals surface area contributed by atoms with Gasteiger partial charge in [0.2, 0.25) is 0 Å². The van der Waals surface area contributed by atoms with E-state index in [2.05, 4.69) is 20.2 Å². The zero-order valence-electron chi connectivity index (χ0n) is 18.5. The van der Waals surface area contributed by atoms with Crippen molar-refractivity contribution in [1.29, 1.82) is 0 Å². The van der Waals surface area contributed by atoms with Crippen LogP contribution in [0, 0.1) is 0 Å². The number of para-hydroxylation sites is 1. The zero-order chi connectivity index (χ0) is 23.5. The van der Waals surface area contributed by atoms with Crippen molar-refractivity contribution in [1.82, 2.24) is 14.9 Å². The summed E-state index contributed by atoms with van der Waals surface area (Å²) in [6.45, 7) is 3.02. The van der Waals surface area contributed by atoms with Gasteiger partial charge in [0.05, 0.1) is 34.4 Å². The monoisotopic (exact) mass is 458 g/mol. The first kappa shape index (κ1) is 22.1. The Balaban J connectivity index is 1.39. The van der Waals surface area contributed by atoms with Gasteiger partial charge in [0.1, 0.15) is 0 Å². The Morgan fingerprint density at radius 1 is 1.00 bits per heavy atom. The number of rotatable bonds is 6. The molecule has 5 nitrogen and oxygen atoms in total. The summed E-state index contributed by atoms with van der Waals surface area (Å²) in [5.41, 5.74) is 3.54. The molecule has 0 aliphatic carbocycles. The average molecular weight is 459 g/mol. The Morgan fingerprint density at radius 2 is 1.82 bits per heavy atom. The summed E-state index contributed by atoms with van der Waals surface area (Å²) in [7, 11) is 0. The quantitative estimate of drug-likeness (QED) is 0.380. The summed E-state index contributed by atoms with van der Waals surface area (Å²) < 4.78 is 26.3. The van der Waals surface area contributed by atoms with Gasteiger partial charge < -0.3 is 5.32 Å². The molecule has 0 radical (unpaired) electrons. The van der Waals surface area contributed by atoms with Gasteiger partial charge in [-0.2, -0.15) is 0 Å². The summed E-state index contributed by atoms with van der Waals surface area (Å²) >= 11 is 0. The topological polar surface area (TPSA) is 58.1 Å². The number of hydrogen-bond acceptors (Lipinski definition) is 4. The minimum Gasteiger partial charge on any atom is -0.321 e. The maximum Gasteiger partial charge on any atom is 0.263 e. The number of carbonyl (C=O) groups excluding carboxylic acids is 1. The van der Waals surface area contributed by atoms with Crippen LogP contribution >= 0.6 is 0 Å².